The Kier molecular flexibility index (Phi) is 6.22. The van der Waals surface area contributed by atoms with Gasteiger partial charge in [0.05, 0.1) is 0 Å². The number of pyridine rings is 1. The van der Waals surface area contributed by atoms with Gasteiger partial charge in [-0.25, -0.2) is 0 Å². The number of nitrogens with zero attached hydrogens (tertiary/aromatic N) is 1. The maximum atomic E-state index is 12.6. The predicted octanol–water partition coefficient (Wildman–Crippen LogP) is 4.40. The number of nitrogens with one attached hydrogen (secondary N) is 2. The fourth-order valence-electron chi connectivity index (χ4n) is 3.63. The summed E-state index contributed by atoms with van der Waals surface area (Å²) in [6, 6.07) is 9.30. The summed E-state index contributed by atoms with van der Waals surface area (Å²) in [7, 11) is 0. The van der Waals surface area contributed by atoms with Gasteiger partial charge in [-0.1, -0.05) is 31.7 Å². The number of rotatable bonds is 4. The van der Waals surface area contributed by atoms with Gasteiger partial charge in [0.2, 0.25) is 0 Å². The standard InChI is InChI=1S/C22H27N3O2/c1-15-11-16(2)13-19(12-15)25-22(27)20-14-17(9-10-23-20)21(26)24-18-7-5-3-4-6-8-18/h9-14,18H,3-8H2,1-2H3,(H,24,26)(H,25,27). The van der Waals surface area contributed by atoms with Crippen LogP contribution in [-0.4, -0.2) is 22.8 Å². The van der Waals surface area contributed by atoms with Crippen LogP contribution in [0.15, 0.2) is 36.5 Å². The third kappa shape index (κ3) is 5.39. The summed E-state index contributed by atoms with van der Waals surface area (Å²) in [6.45, 7) is 3.97. The summed E-state index contributed by atoms with van der Waals surface area (Å²) in [5.41, 5.74) is 3.60. The zero-order chi connectivity index (χ0) is 19.2. The van der Waals surface area contributed by atoms with Gasteiger partial charge in [0.15, 0.2) is 0 Å². The third-order valence-electron chi connectivity index (χ3n) is 4.92. The summed E-state index contributed by atoms with van der Waals surface area (Å²) >= 11 is 0. The Labute approximate surface area is 160 Å². The van der Waals surface area contributed by atoms with E-state index in [0.717, 1.165) is 42.5 Å². The fourth-order valence-corrected chi connectivity index (χ4v) is 3.63. The summed E-state index contributed by atoms with van der Waals surface area (Å²) in [5, 5.41) is 5.97. The Morgan fingerprint density at radius 1 is 0.926 bits per heavy atom. The molecule has 3 rings (SSSR count). The molecule has 2 aromatic rings. The molecule has 0 radical (unpaired) electrons. The molecule has 1 aliphatic carbocycles. The summed E-state index contributed by atoms with van der Waals surface area (Å²) in [6.07, 6.45) is 8.36. The smallest absolute Gasteiger partial charge is 0.274 e. The van der Waals surface area contributed by atoms with E-state index in [-0.39, 0.29) is 23.6 Å². The molecule has 1 saturated carbocycles. The van der Waals surface area contributed by atoms with Crippen molar-refractivity contribution in [1.82, 2.24) is 10.3 Å². The van der Waals surface area contributed by atoms with Crippen LogP contribution in [0, 0.1) is 13.8 Å². The fraction of sp³-hybridized carbons (Fsp3) is 0.409. The van der Waals surface area contributed by atoms with Crippen LogP contribution in [0.5, 0.6) is 0 Å². The highest BCUT2D eigenvalue weighted by Crippen LogP contribution is 2.18. The molecule has 0 spiro atoms. The van der Waals surface area contributed by atoms with Crippen LogP contribution < -0.4 is 10.6 Å². The average molecular weight is 365 g/mol. The first kappa shape index (κ1) is 19.1. The zero-order valence-corrected chi connectivity index (χ0v) is 16.0. The molecule has 5 nitrogen and oxygen atoms in total. The van der Waals surface area contributed by atoms with Gasteiger partial charge in [-0.15, -0.1) is 0 Å². The molecular formula is C22H27N3O2. The van der Waals surface area contributed by atoms with Crippen molar-refractivity contribution in [3.8, 4) is 0 Å². The monoisotopic (exact) mass is 365 g/mol. The highest BCUT2D eigenvalue weighted by atomic mass is 16.2. The molecule has 1 aromatic carbocycles. The number of hydrogen-bond acceptors (Lipinski definition) is 3. The molecule has 0 bridgehead atoms. The van der Waals surface area contributed by atoms with E-state index in [1.54, 1.807) is 12.1 Å². The third-order valence-corrected chi connectivity index (χ3v) is 4.92. The van der Waals surface area contributed by atoms with E-state index in [1.165, 1.54) is 19.0 Å². The number of carbonyl (C=O) groups excluding carboxylic acids is 2. The number of benzene rings is 1. The van der Waals surface area contributed by atoms with Crippen LogP contribution in [0.25, 0.3) is 0 Å². The minimum Gasteiger partial charge on any atom is -0.349 e. The van der Waals surface area contributed by atoms with Crippen LogP contribution in [0.2, 0.25) is 0 Å². The molecule has 1 fully saturated rings. The number of amides is 2. The van der Waals surface area contributed by atoms with Crippen LogP contribution in [0.3, 0.4) is 0 Å². The first-order chi connectivity index (χ1) is 13.0. The maximum Gasteiger partial charge on any atom is 0.274 e. The van der Waals surface area contributed by atoms with E-state index < -0.39 is 0 Å². The molecule has 5 heteroatoms. The lowest BCUT2D eigenvalue weighted by Gasteiger charge is -2.16. The second kappa shape index (κ2) is 8.80. The van der Waals surface area contributed by atoms with Gasteiger partial charge in [-0.2, -0.15) is 0 Å². The van der Waals surface area contributed by atoms with Gasteiger partial charge in [-0.3, -0.25) is 14.6 Å². The van der Waals surface area contributed by atoms with Gasteiger partial charge >= 0.3 is 0 Å². The SMILES string of the molecule is Cc1cc(C)cc(NC(=O)c2cc(C(=O)NC3CCCCCC3)ccn2)c1. The number of carbonyl (C=O) groups is 2. The predicted molar refractivity (Wildman–Crippen MR) is 107 cm³/mol. The van der Waals surface area contributed by atoms with E-state index >= 15 is 0 Å². The second-order valence-electron chi connectivity index (χ2n) is 7.42. The van der Waals surface area contributed by atoms with E-state index in [2.05, 4.69) is 15.6 Å². The Morgan fingerprint density at radius 2 is 1.59 bits per heavy atom. The van der Waals surface area contributed by atoms with E-state index in [4.69, 9.17) is 0 Å². The molecule has 0 saturated heterocycles. The summed E-state index contributed by atoms with van der Waals surface area (Å²) in [4.78, 5) is 29.3. The zero-order valence-electron chi connectivity index (χ0n) is 16.0. The Hall–Kier alpha value is -2.69. The first-order valence-electron chi connectivity index (χ1n) is 9.68. The van der Waals surface area contributed by atoms with Crippen molar-refractivity contribution < 1.29 is 9.59 Å². The van der Waals surface area contributed by atoms with Gasteiger partial charge in [-0.05, 0) is 62.1 Å². The van der Waals surface area contributed by atoms with E-state index in [1.807, 2.05) is 32.0 Å². The Morgan fingerprint density at radius 3 is 2.26 bits per heavy atom. The van der Waals surface area contributed by atoms with Crippen molar-refractivity contribution in [2.45, 2.75) is 58.4 Å². The normalized spacial score (nSPS) is 15.0. The number of aryl methyl sites for hydroxylation is 2. The molecule has 2 amide bonds. The van der Waals surface area contributed by atoms with Crippen molar-refractivity contribution in [3.05, 3.63) is 58.9 Å². The van der Waals surface area contributed by atoms with E-state index in [0.29, 0.717) is 5.56 Å². The molecule has 142 valence electrons. The number of hydrogen-bond donors (Lipinski definition) is 2. The summed E-state index contributed by atoms with van der Waals surface area (Å²) in [5.74, 6) is -0.450. The lowest BCUT2D eigenvalue weighted by Crippen LogP contribution is -2.34. The van der Waals surface area contributed by atoms with Gasteiger partial charge < -0.3 is 10.6 Å². The molecule has 1 aromatic heterocycles. The van der Waals surface area contributed by atoms with Crippen LogP contribution >= 0.6 is 0 Å². The largest absolute Gasteiger partial charge is 0.349 e. The lowest BCUT2D eigenvalue weighted by atomic mass is 10.1. The Bertz CT molecular complexity index is 804. The minimum atomic E-state index is -0.316. The van der Waals surface area contributed by atoms with Crippen molar-refractivity contribution in [3.63, 3.8) is 0 Å². The van der Waals surface area contributed by atoms with Crippen LogP contribution in [-0.2, 0) is 0 Å². The number of aromatic nitrogens is 1. The van der Waals surface area contributed by atoms with E-state index in [9.17, 15) is 9.59 Å². The first-order valence-corrected chi connectivity index (χ1v) is 9.68. The average Bonchev–Trinajstić information content (AvgIpc) is 2.89. The molecule has 0 unspecified atom stereocenters. The van der Waals surface area contributed by atoms with Crippen LogP contribution in [0.4, 0.5) is 5.69 Å². The topological polar surface area (TPSA) is 71.1 Å². The maximum absolute atomic E-state index is 12.6. The molecule has 0 aliphatic heterocycles. The lowest BCUT2D eigenvalue weighted by molar-refractivity contribution is 0.0933. The molecule has 2 N–H and O–H groups in total. The van der Waals surface area contributed by atoms with Crippen LogP contribution in [0.1, 0.15) is 70.5 Å². The minimum absolute atomic E-state index is 0.134. The Balaban J connectivity index is 1.68. The van der Waals surface area contributed by atoms with Crippen molar-refractivity contribution in [1.29, 1.82) is 0 Å². The molecular weight excluding hydrogens is 338 g/mol. The molecule has 1 heterocycles. The highest BCUT2D eigenvalue weighted by Gasteiger charge is 2.17. The quantitative estimate of drug-likeness (QED) is 0.789. The summed E-state index contributed by atoms with van der Waals surface area (Å²) < 4.78 is 0. The molecule has 27 heavy (non-hydrogen) atoms. The van der Waals surface area contributed by atoms with Crippen molar-refractivity contribution in [2.75, 3.05) is 5.32 Å². The van der Waals surface area contributed by atoms with Gasteiger partial charge in [0, 0.05) is 23.5 Å². The van der Waals surface area contributed by atoms with Crippen molar-refractivity contribution >= 4 is 17.5 Å². The van der Waals surface area contributed by atoms with Gasteiger partial charge in [0.1, 0.15) is 5.69 Å². The molecule has 0 atom stereocenters. The second-order valence-corrected chi connectivity index (χ2v) is 7.42. The number of anilines is 1. The van der Waals surface area contributed by atoms with Crippen molar-refractivity contribution in [2.24, 2.45) is 0 Å². The highest BCUT2D eigenvalue weighted by molar-refractivity contribution is 6.04. The van der Waals surface area contributed by atoms with Gasteiger partial charge in [0.25, 0.3) is 11.8 Å². The molecule has 1 aliphatic rings.